The predicted octanol–water partition coefficient (Wildman–Crippen LogP) is 4.53. The number of benzene rings is 1. The summed E-state index contributed by atoms with van der Waals surface area (Å²) in [4.78, 5) is 38.4. The number of fused-ring (bicyclic) bond motifs is 3. The smallest absolute Gasteiger partial charge is 0.261 e. The van der Waals surface area contributed by atoms with E-state index in [9.17, 15) is 9.59 Å². The highest BCUT2D eigenvalue weighted by Crippen LogP contribution is 2.33. The number of carbonyl (C=O) groups is 1. The van der Waals surface area contributed by atoms with Crippen LogP contribution in [-0.2, 0) is 30.7 Å². The highest BCUT2D eigenvalue weighted by atomic mass is 32.1. The summed E-state index contributed by atoms with van der Waals surface area (Å²) in [6.45, 7) is 0.592. The van der Waals surface area contributed by atoms with Gasteiger partial charge in [0.25, 0.3) is 11.5 Å². The Kier molecular flexibility index (Phi) is 6.05. The van der Waals surface area contributed by atoms with Gasteiger partial charge in [-0.25, -0.2) is 4.98 Å². The van der Waals surface area contributed by atoms with Gasteiger partial charge in [-0.15, -0.1) is 22.7 Å². The second kappa shape index (κ2) is 9.26. The van der Waals surface area contributed by atoms with Crippen molar-refractivity contribution >= 4 is 38.8 Å². The van der Waals surface area contributed by atoms with Crippen molar-refractivity contribution in [1.82, 2.24) is 14.9 Å². The maximum Gasteiger partial charge on any atom is 0.261 e. The number of ether oxygens (including phenoxy) is 1. The van der Waals surface area contributed by atoms with Crippen LogP contribution in [0.1, 0.15) is 34.0 Å². The molecule has 3 aromatic heterocycles. The number of hydrogen-bond donors (Lipinski definition) is 1. The second-order valence-electron chi connectivity index (χ2n) is 7.83. The lowest BCUT2D eigenvalue weighted by molar-refractivity contribution is -0.134. The Morgan fingerprint density at radius 3 is 2.75 bits per heavy atom. The summed E-state index contributed by atoms with van der Waals surface area (Å²) in [5, 5.41) is 2.72. The van der Waals surface area contributed by atoms with Crippen LogP contribution in [0.3, 0.4) is 0 Å². The number of rotatable bonds is 7. The van der Waals surface area contributed by atoms with Gasteiger partial charge in [-0.05, 0) is 54.8 Å². The first-order valence-corrected chi connectivity index (χ1v) is 12.4. The molecule has 8 heteroatoms. The minimum atomic E-state index is -0.157. The summed E-state index contributed by atoms with van der Waals surface area (Å²) in [5.41, 5.74) is 1.06. The third-order valence-corrected chi connectivity index (χ3v) is 7.65. The van der Waals surface area contributed by atoms with Crippen LogP contribution in [0.15, 0.2) is 52.6 Å². The largest absolute Gasteiger partial charge is 0.484 e. The average molecular weight is 466 g/mol. The van der Waals surface area contributed by atoms with Gasteiger partial charge in [0.15, 0.2) is 6.61 Å². The van der Waals surface area contributed by atoms with Gasteiger partial charge in [-0.2, -0.15) is 0 Å². The normalized spacial score (nSPS) is 13.1. The summed E-state index contributed by atoms with van der Waals surface area (Å²) in [6, 6.07) is 13.2. The van der Waals surface area contributed by atoms with Gasteiger partial charge in [0.1, 0.15) is 16.4 Å². The van der Waals surface area contributed by atoms with Crippen molar-refractivity contribution in [3.05, 3.63) is 79.3 Å². The Morgan fingerprint density at radius 2 is 1.94 bits per heavy atom. The average Bonchev–Trinajstić information content (AvgIpc) is 3.45. The lowest BCUT2D eigenvalue weighted by atomic mass is 9.97. The van der Waals surface area contributed by atoms with E-state index in [1.807, 2.05) is 47.8 Å². The second-order valence-corrected chi connectivity index (χ2v) is 9.95. The number of H-pyrrole nitrogens is 1. The number of aromatic nitrogens is 2. The van der Waals surface area contributed by atoms with Crippen LogP contribution in [0, 0.1) is 0 Å². The van der Waals surface area contributed by atoms with Crippen molar-refractivity contribution in [2.75, 3.05) is 6.61 Å². The van der Waals surface area contributed by atoms with E-state index in [2.05, 4.69) is 4.98 Å². The molecule has 1 amide bonds. The fourth-order valence-corrected chi connectivity index (χ4v) is 6.04. The third kappa shape index (κ3) is 4.47. The molecule has 0 saturated carbocycles. The van der Waals surface area contributed by atoms with Gasteiger partial charge >= 0.3 is 0 Å². The van der Waals surface area contributed by atoms with Crippen molar-refractivity contribution in [3.8, 4) is 5.75 Å². The van der Waals surface area contributed by atoms with E-state index in [-0.39, 0.29) is 24.6 Å². The van der Waals surface area contributed by atoms with Gasteiger partial charge in [0.05, 0.1) is 18.5 Å². The first-order chi connectivity index (χ1) is 15.7. The predicted molar refractivity (Wildman–Crippen MR) is 127 cm³/mol. The zero-order valence-electron chi connectivity index (χ0n) is 17.5. The van der Waals surface area contributed by atoms with Gasteiger partial charge in [-0.3, -0.25) is 9.59 Å². The molecule has 0 fully saturated rings. The summed E-state index contributed by atoms with van der Waals surface area (Å²) >= 11 is 3.21. The summed E-state index contributed by atoms with van der Waals surface area (Å²) in [7, 11) is 0. The summed E-state index contributed by atoms with van der Waals surface area (Å²) in [6.07, 6.45) is 4.24. The number of aromatic amines is 1. The Balaban J connectivity index is 1.39. The van der Waals surface area contributed by atoms with Crippen LogP contribution in [0.5, 0.6) is 5.75 Å². The molecule has 0 radical (unpaired) electrons. The monoisotopic (exact) mass is 465 g/mol. The third-order valence-electron chi connectivity index (χ3n) is 5.60. The van der Waals surface area contributed by atoms with E-state index in [1.54, 1.807) is 27.6 Å². The highest BCUT2D eigenvalue weighted by molar-refractivity contribution is 7.18. The molecule has 0 saturated heterocycles. The van der Waals surface area contributed by atoms with Crippen LogP contribution >= 0.6 is 22.7 Å². The van der Waals surface area contributed by atoms with E-state index in [4.69, 9.17) is 9.72 Å². The van der Waals surface area contributed by atoms with Crippen LogP contribution < -0.4 is 10.3 Å². The molecule has 164 valence electrons. The van der Waals surface area contributed by atoms with Crippen molar-refractivity contribution in [2.45, 2.75) is 38.8 Å². The minimum absolute atomic E-state index is 0.0742. The Morgan fingerprint density at radius 1 is 1.09 bits per heavy atom. The Hall–Kier alpha value is -2.97. The quantitative estimate of drug-likeness (QED) is 0.435. The summed E-state index contributed by atoms with van der Waals surface area (Å²) in [5.74, 6) is 0.996. The molecule has 1 aromatic carbocycles. The molecule has 1 aliphatic rings. The zero-order valence-corrected chi connectivity index (χ0v) is 19.1. The van der Waals surface area contributed by atoms with Crippen molar-refractivity contribution < 1.29 is 9.53 Å². The molecule has 0 atom stereocenters. The first kappa shape index (κ1) is 20.9. The SMILES string of the molecule is O=C(COc1ccccc1)N(Cc1nc2sc3c(c2c(=O)[nH]1)CCCC3)Cc1cccs1. The number of nitrogens with one attached hydrogen (secondary N) is 1. The molecule has 6 nitrogen and oxygen atoms in total. The lowest BCUT2D eigenvalue weighted by Gasteiger charge is -2.22. The standard InChI is InChI=1S/C24H23N3O3S2/c28-21(15-30-16-7-2-1-3-8-16)27(13-17-9-6-12-31-17)14-20-25-23(29)22-18-10-4-5-11-19(18)32-24(22)26-20/h1-3,6-9,12H,4-5,10-11,13-15H2,(H,25,26,29). The number of aryl methyl sites for hydroxylation is 2. The molecule has 1 aliphatic carbocycles. The van der Waals surface area contributed by atoms with Gasteiger partial charge in [0.2, 0.25) is 0 Å². The van der Waals surface area contributed by atoms with Crippen LogP contribution in [-0.4, -0.2) is 27.4 Å². The fourth-order valence-electron chi connectivity index (χ4n) is 4.04. The maximum atomic E-state index is 13.0. The molecule has 3 heterocycles. The molecular formula is C24H23N3O3S2. The van der Waals surface area contributed by atoms with E-state index in [0.717, 1.165) is 40.8 Å². The van der Waals surface area contributed by atoms with E-state index < -0.39 is 0 Å². The molecule has 0 unspecified atom stereocenters. The minimum Gasteiger partial charge on any atom is -0.484 e. The Labute approximate surface area is 193 Å². The number of thiophene rings is 2. The number of hydrogen-bond acceptors (Lipinski definition) is 6. The maximum absolute atomic E-state index is 13.0. The number of nitrogens with zero attached hydrogens (tertiary/aromatic N) is 2. The molecule has 0 bridgehead atoms. The van der Waals surface area contributed by atoms with Crippen molar-refractivity contribution in [2.24, 2.45) is 0 Å². The molecule has 0 aliphatic heterocycles. The molecule has 0 spiro atoms. The topological polar surface area (TPSA) is 75.3 Å². The number of para-hydroxylation sites is 1. The van der Waals surface area contributed by atoms with Gasteiger partial charge in [-0.1, -0.05) is 24.3 Å². The molecule has 32 heavy (non-hydrogen) atoms. The van der Waals surface area contributed by atoms with Gasteiger partial charge < -0.3 is 14.6 Å². The zero-order chi connectivity index (χ0) is 21.9. The fraction of sp³-hybridized carbons (Fsp3) is 0.292. The van der Waals surface area contributed by atoms with E-state index in [0.29, 0.717) is 18.1 Å². The first-order valence-electron chi connectivity index (χ1n) is 10.7. The molecule has 4 aromatic rings. The summed E-state index contributed by atoms with van der Waals surface area (Å²) < 4.78 is 5.68. The van der Waals surface area contributed by atoms with Gasteiger partial charge in [0, 0.05) is 9.75 Å². The molecule has 1 N–H and O–H groups in total. The lowest BCUT2D eigenvalue weighted by Crippen LogP contribution is -2.35. The Bertz CT molecular complexity index is 1280. The number of amides is 1. The van der Waals surface area contributed by atoms with Crippen LogP contribution in [0.2, 0.25) is 0 Å². The van der Waals surface area contributed by atoms with Crippen molar-refractivity contribution in [1.29, 1.82) is 0 Å². The van der Waals surface area contributed by atoms with Crippen LogP contribution in [0.4, 0.5) is 0 Å². The number of carbonyl (C=O) groups excluding carboxylic acids is 1. The highest BCUT2D eigenvalue weighted by Gasteiger charge is 2.22. The van der Waals surface area contributed by atoms with Crippen LogP contribution in [0.25, 0.3) is 10.2 Å². The van der Waals surface area contributed by atoms with E-state index >= 15 is 0 Å². The molecule has 5 rings (SSSR count). The van der Waals surface area contributed by atoms with Crippen molar-refractivity contribution in [3.63, 3.8) is 0 Å². The molecular weight excluding hydrogens is 442 g/mol. The van der Waals surface area contributed by atoms with E-state index in [1.165, 1.54) is 10.4 Å².